The highest BCUT2D eigenvalue weighted by Crippen LogP contribution is 2.09. The Balaban J connectivity index is 2.47. The Labute approximate surface area is 96.6 Å². The monoisotopic (exact) mass is 222 g/mol. The number of carbonyl (C=O) groups excluding carboxylic acids is 2. The van der Waals surface area contributed by atoms with Crippen LogP contribution in [0, 0.1) is 12.3 Å². The third-order valence-electron chi connectivity index (χ3n) is 2.76. The van der Waals surface area contributed by atoms with Gasteiger partial charge in [0.1, 0.15) is 6.54 Å². The van der Waals surface area contributed by atoms with Crippen LogP contribution in [0.4, 0.5) is 0 Å². The SMILES string of the molecule is C#CCN(CC(=O)N1CCCCC1)C(C)=O. The Morgan fingerprint density at radius 2 is 1.94 bits per heavy atom. The Morgan fingerprint density at radius 3 is 2.44 bits per heavy atom. The van der Waals surface area contributed by atoms with Gasteiger partial charge in [0.2, 0.25) is 11.8 Å². The van der Waals surface area contributed by atoms with E-state index in [4.69, 9.17) is 6.42 Å². The lowest BCUT2D eigenvalue weighted by Crippen LogP contribution is -2.44. The molecule has 16 heavy (non-hydrogen) atoms. The summed E-state index contributed by atoms with van der Waals surface area (Å²) in [6, 6.07) is 0. The second-order valence-corrected chi connectivity index (χ2v) is 4.02. The first-order valence-electron chi connectivity index (χ1n) is 5.62. The van der Waals surface area contributed by atoms with Crippen molar-refractivity contribution in [3.63, 3.8) is 0 Å². The number of carbonyl (C=O) groups is 2. The van der Waals surface area contributed by atoms with Crippen LogP contribution in [0.2, 0.25) is 0 Å². The Bertz CT molecular complexity index is 301. The van der Waals surface area contributed by atoms with Crippen LogP contribution in [-0.4, -0.2) is 47.8 Å². The lowest BCUT2D eigenvalue weighted by Gasteiger charge is -2.29. The van der Waals surface area contributed by atoms with Gasteiger partial charge in [0.15, 0.2) is 0 Å². The van der Waals surface area contributed by atoms with Gasteiger partial charge < -0.3 is 9.80 Å². The lowest BCUT2D eigenvalue weighted by molar-refractivity contribution is -0.139. The molecule has 0 aromatic carbocycles. The van der Waals surface area contributed by atoms with E-state index in [0.29, 0.717) is 0 Å². The Kier molecular flexibility index (Phi) is 4.84. The summed E-state index contributed by atoms with van der Waals surface area (Å²) in [6.45, 7) is 3.36. The van der Waals surface area contributed by atoms with E-state index in [1.54, 1.807) is 0 Å². The van der Waals surface area contributed by atoms with E-state index in [0.717, 1.165) is 25.9 Å². The fraction of sp³-hybridized carbons (Fsp3) is 0.667. The Hall–Kier alpha value is -1.50. The molecule has 0 atom stereocenters. The summed E-state index contributed by atoms with van der Waals surface area (Å²) >= 11 is 0. The van der Waals surface area contributed by atoms with Crippen LogP contribution in [0.25, 0.3) is 0 Å². The van der Waals surface area contributed by atoms with Crippen LogP contribution >= 0.6 is 0 Å². The second kappa shape index (κ2) is 6.16. The normalized spacial score (nSPS) is 15.4. The first kappa shape index (κ1) is 12.6. The molecule has 0 N–H and O–H groups in total. The highest BCUT2D eigenvalue weighted by Gasteiger charge is 2.19. The second-order valence-electron chi connectivity index (χ2n) is 4.02. The molecule has 1 heterocycles. The molecule has 1 saturated heterocycles. The fourth-order valence-corrected chi connectivity index (χ4v) is 1.80. The molecule has 88 valence electrons. The molecule has 0 bridgehead atoms. The van der Waals surface area contributed by atoms with E-state index < -0.39 is 0 Å². The summed E-state index contributed by atoms with van der Waals surface area (Å²) < 4.78 is 0. The molecule has 0 radical (unpaired) electrons. The number of piperidine rings is 1. The van der Waals surface area contributed by atoms with Gasteiger partial charge in [0, 0.05) is 20.0 Å². The smallest absolute Gasteiger partial charge is 0.242 e. The molecule has 1 fully saturated rings. The van der Waals surface area contributed by atoms with Crippen molar-refractivity contribution < 1.29 is 9.59 Å². The average Bonchev–Trinajstić information content (AvgIpc) is 2.29. The van der Waals surface area contributed by atoms with Crippen molar-refractivity contribution in [2.24, 2.45) is 0 Å². The summed E-state index contributed by atoms with van der Waals surface area (Å²) in [5, 5.41) is 0. The van der Waals surface area contributed by atoms with Crippen molar-refractivity contribution in [1.82, 2.24) is 9.80 Å². The summed E-state index contributed by atoms with van der Waals surface area (Å²) in [5.74, 6) is 2.25. The maximum absolute atomic E-state index is 11.9. The summed E-state index contributed by atoms with van der Waals surface area (Å²) in [5.41, 5.74) is 0. The molecule has 1 aliphatic rings. The van der Waals surface area contributed by atoms with Crippen LogP contribution in [0.3, 0.4) is 0 Å². The highest BCUT2D eigenvalue weighted by molar-refractivity contribution is 5.84. The molecular weight excluding hydrogens is 204 g/mol. The molecule has 0 aromatic rings. The molecule has 0 spiro atoms. The number of nitrogens with zero attached hydrogens (tertiary/aromatic N) is 2. The molecule has 2 amide bonds. The van der Waals surface area contributed by atoms with Gasteiger partial charge in [-0.15, -0.1) is 6.42 Å². The minimum Gasteiger partial charge on any atom is -0.341 e. The number of hydrogen-bond donors (Lipinski definition) is 0. The first-order valence-corrected chi connectivity index (χ1v) is 5.62. The first-order chi connectivity index (χ1) is 7.65. The van der Waals surface area contributed by atoms with Crippen LogP contribution in [0.15, 0.2) is 0 Å². The molecule has 0 aliphatic carbocycles. The topological polar surface area (TPSA) is 40.6 Å². The molecule has 0 aromatic heterocycles. The summed E-state index contributed by atoms with van der Waals surface area (Å²) in [6.07, 6.45) is 8.45. The summed E-state index contributed by atoms with van der Waals surface area (Å²) in [4.78, 5) is 26.3. The quantitative estimate of drug-likeness (QED) is 0.652. The molecule has 1 rings (SSSR count). The van der Waals surface area contributed by atoms with Gasteiger partial charge in [-0.1, -0.05) is 5.92 Å². The standard InChI is InChI=1S/C12H18N2O2/c1-3-7-14(11(2)15)10-12(16)13-8-5-4-6-9-13/h1H,4-10H2,2H3. The van der Waals surface area contributed by atoms with Gasteiger partial charge in [-0.2, -0.15) is 0 Å². The van der Waals surface area contributed by atoms with Crippen molar-refractivity contribution in [3.05, 3.63) is 0 Å². The maximum atomic E-state index is 11.9. The van der Waals surface area contributed by atoms with Crippen LogP contribution in [0.5, 0.6) is 0 Å². The third kappa shape index (κ3) is 3.58. The van der Waals surface area contributed by atoms with Gasteiger partial charge in [0.05, 0.1) is 6.54 Å². The van der Waals surface area contributed by atoms with Crippen LogP contribution < -0.4 is 0 Å². The number of hydrogen-bond acceptors (Lipinski definition) is 2. The number of terminal acetylenes is 1. The molecule has 0 saturated carbocycles. The van der Waals surface area contributed by atoms with Crippen molar-refractivity contribution in [3.8, 4) is 12.3 Å². The third-order valence-corrected chi connectivity index (χ3v) is 2.76. The zero-order valence-corrected chi connectivity index (χ0v) is 9.74. The van der Waals surface area contributed by atoms with Crippen molar-refractivity contribution in [2.75, 3.05) is 26.2 Å². The zero-order valence-electron chi connectivity index (χ0n) is 9.74. The number of rotatable bonds is 3. The highest BCUT2D eigenvalue weighted by atomic mass is 16.2. The van der Waals surface area contributed by atoms with Crippen LogP contribution in [-0.2, 0) is 9.59 Å². The summed E-state index contributed by atoms with van der Waals surface area (Å²) in [7, 11) is 0. The van der Waals surface area contributed by atoms with Crippen molar-refractivity contribution in [2.45, 2.75) is 26.2 Å². The van der Waals surface area contributed by atoms with E-state index in [-0.39, 0.29) is 24.9 Å². The van der Waals surface area contributed by atoms with Gasteiger partial charge in [0.25, 0.3) is 0 Å². The molecule has 4 nitrogen and oxygen atoms in total. The zero-order chi connectivity index (χ0) is 12.0. The molecule has 4 heteroatoms. The Morgan fingerprint density at radius 1 is 1.31 bits per heavy atom. The lowest BCUT2D eigenvalue weighted by atomic mass is 10.1. The fourth-order valence-electron chi connectivity index (χ4n) is 1.80. The number of likely N-dealkylation sites (tertiary alicyclic amines) is 1. The molecule has 0 unspecified atom stereocenters. The van der Waals surface area contributed by atoms with E-state index >= 15 is 0 Å². The average molecular weight is 222 g/mol. The van der Waals surface area contributed by atoms with E-state index in [1.807, 2.05) is 4.90 Å². The van der Waals surface area contributed by atoms with Crippen molar-refractivity contribution >= 4 is 11.8 Å². The largest absolute Gasteiger partial charge is 0.341 e. The van der Waals surface area contributed by atoms with E-state index in [2.05, 4.69) is 5.92 Å². The minimum absolute atomic E-state index is 0.00477. The molecular formula is C12H18N2O2. The number of amides is 2. The van der Waals surface area contributed by atoms with Gasteiger partial charge in [-0.05, 0) is 19.3 Å². The van der Waals surface area contributed by atoms with Gasteiger partial charge >= 0.3 is 0 Å². The van der Waals surface area contributed by atoms with E-state index in [1.165, 1.54) is 18.2 Å². The predicted octanol–water partition coefficient (Wildman–Crippen LogP) is 0.481. The predicted molar refractivity (Wildman–Crippen MR) is 61.5 cm³/mol. The van der Waals surface area contributed by atoms with Crippen molar-refractivity contribution in [1.29, 1.82) is 0 Å². The maximum Gasteiger partial charge on any atom is 0.242 e. The molecule has 1 aliphatic heterocycles. The van der Waals surface area contributed by atoms with Gasteiger partial charge in [-0.25, -0.2) is 0 Å². The minimum atomic E-state index is -0.150. The van der Waals surface area contributed by atoms with Crippen LogP contribution in [0.1, 0.15) is 26.2 Å². The van der Waals surface area contributed by atoms with E-state index in [9.17, 15) is 9.59 Å². The van der Waals surface area contributed by atoms with Gasteiger partial charge in [-0.3, -0.25) is 9.59 Å².